The summed E-state index contributed by atoms with van der Waals surface area (Å²) >= 11 is 0. The molecule has 2 aliphatic rings. The van der Waals surface area contributed by atoms with E-state index < -0.39 is 0 Å². The topological polar surface area (TPSA) is 42.0 Å². The second kappa shape index (κ2) is 7.38. The number of carbonyl (C=O) groups excluding carboxylic acids is 1. The molecule has 0 N–H and O–H groups in total. The fourth-order valence-corrected chi connectivity index (χ4v) is 3.97. The summed E-state index contributed by atoms with van der Waals surface area (Å²) < 4.78 is 11.9. The Morgan fingerprint density at radius 2 is 1.86 bits per heavy atom. The molecule has 0 saturated carbocycles. The van der Waals surface area contributed by atoms with Gasteiger partial charge in [0.15, 0.2) is 18.1 Å². The van der Waals surface area contributed by atoms with Gasteiger partial charge in [0.05, 0.1) is 0 Å². The minimum absolute atomic E-state index is 0.0266. The molecule has 2 aromatic carbocycles. The van der Waals surface area contributed by atoms with E-state index in [0.29, 0.717) is 18.8 Å². The van der Waals surface area contributed by atoms with Gasteiger partial charge in [-0.05, 0) is 44.5 Å². The average Bonchev–Trinajstić information content (AvgIpc) is 3.00. The van der Waals surface area contributed by atoms with E-state index >= 15 is 0 Å². The number of amides is 1. The zero-order valence-corrected chi connectivity index (χ0v) is 16.9. The molecule has 0 atom stereocenters. The predicted octanol–water partition coefficient (Wildman–Crippen LogP) is 3.44. The van der Waals surface area contributed by atoms with E-state index in [9.17, 15) is 4.79 Å². The van der Waals surface area contributed by atoms with Crippen molar-refractivity contribution < 1.29 is 14.3 Å². The highest BCUT2D eigenvalue weighted by atomic mass is 16.5. The molecule has 5 nitrogen and oxygen atoms in total. The van der Waals surface area contributed by atoms with Gasteiger partial charge in [-0.3, -0.25) is 4.79 Å². The van der Waals surface area contributed by atoms with Crippen LogP contribution in [-0.2, 0) is 11.2 Å². The van der Waals surface area contributed by atoms with Crippen molar-refractivity contribution in [3.05, 3.63) is 53.6 Å². The number of rotatable bonds is 4. The van der Waals surface area contributed by atoms with Crippen molar-refractivity contribution in [1.29, 1.82) is 0 Å². The molecule has 2 aliphatic heterocycles. The Hall–Kier alpha value is -2.69. The first-order chi connectivity index (χ1) is 13.4. The number of para-hydroxylation sites is 1. The van der Waals surface area contributed by atoms with E-state index in [2.05, 4.69) is 56.0 Å². The molecule has 1 amide bonds. The molecule has 1 fully saturated rings. The lowest BCUT2D eigenvalue weighted by molar-refractivity contribution is -0.133. The number of hydrogen-bond acceptors (Lipinski definition) is 4. The molecule has 0 radical (unpaired) electrons. The van der Waals surface area contributed by atoms with E-state index in [1.54, 1.807) is 0 Å². The number of piperazine rings is 1. The number of nitrogens with zero attached hydrogens (tertiary/aromatic N) is 2. The highest BCUT2D eigenvalue weighted by molar-refractivity contribution is 5.78. The van der Waals surface area contributed by atoms with Crippen molar-refractivity contribution in [1.82, 2.24) is 4.90 Å². The summed E-state index contributed by atoms with van der Waals surface area (Å²) in [5, 5.41) is 0. The molecule has 0 aromatic heterocycles. The molecule has 1 saturated heterocycles. The van der Waals surface area contributed by atoms with Crippen molar-refractivity contribution in [2.24, 2.45) is 0 Å². The van der Waals surface area contributed by atoms with Crippen LogP contribution in [0, 0.1) is 6.92 Å². The maximum Gasteiger partial charge on any atom is 0.260 e. The Balaban J connectivity index is 1.32. The molecule has 0 unspecified atom stereocenters. The summed E-state index contributed by atoms with van der Waals surface area (Å²) in [7, 11) is 0. The van der Waals surface area contributed by atoms with Gasteiger partial charge in [0, 0.05) is 43.9 Å². The number of aryl methyl sites for hydroxylation is 1. The third-order valence-electron chi connectivity index (χ3n) is 5.41. The van der Waals surface area contributed by atoms with Gasteiger partial charge in [-0.1, -0.05) is 24.3 Å². The third kappa shape index (κ3) is 3.93. The largest absolute Gasteiger partial charge is 0.483 e. The average molecular weight is 380 g/mol. The van der Waals surface area contributed by atoms with Crippen molar-refractivity contribution in [3.63, 3.8) is 0 Å². The van der Waals surface area contributed by atoms with Gasteiger partial charge in [0.2, 0.25) is 0 Å². The van der Waals surface area contributed by atoms with Crippen molar-refractivity contribution in [2.75, 3.05) is 37.7 Å². The molecule has 0 bridgehead atoms. The highest BCUT2D eigenvalue weighted by Crippen LogP contribution is 2.41. The molecular weight excluding hydrogens is 352 g/mol. The highest BCUT2D eigenvalue weighted by Gasteiger charge is 2.32. The number of ether oxygens (including phenoxy) is 2. The smallest absolute Gasteiger partial charge is 0.260 e. The SMILES string of the molecule is Cc1cccc(N2CCN(C(=O)COc3cccc4c3OC(C)(C)C4)CC2)c1. The second-order valence-electron chi connectivity index (χ2n) is 8.28. The van der Waals surface area contributed by atoms with Crippen molar-refractivity contribution in [2.45, 2.75) is 32.8 Å². The monoisotopic (exact) mass is 380 g/mol. The zero-order chi connectivity index (χ0) is 19.7. The van der Waals surface area contributed by atoms with E-state index in [1.807, 2.05) is 17.0 Å². The van der Waals surface area contributed by atoms with Gasteiger partial charge >= 0.3 is 0 Å². The Morgan fingerprint density at radius 3 is 2.61 bits per heavy atom. The zero-order valence-electron chi connectivity index (χ0n) is 16.9. The van der Waals surface area contributed by atoms with Gasteiger partial charge in [-0.25, -0.2) is 0 Å². The molecular formula is C23H28N2O3. The molecule has 2 aromatic rings. The van der Waals surface area contributed by atoms with Crippen LogP contribution >= 0.6 is 0 Å². The molecule has 2 heterocycles. The van der Waals surface area contributed by atoms with Crippen LogP contribution in [0.5, 0.6) is 11.5 Å². The first-order valence-electron chi connectivity index (χ1n) is 9.94. The fourth-order valence-electron chi connectivity index (χ4n) is 3.97. The number of carbonyl (C=O) groups is 1. The Bertz CT molecular complexity index is 870. The van der Waals surface area contributed by atoms with E-state index in [4.69, 9.17) is 9.47 Å². The summed E-state index contributed by atoms with van der Waals surface area (Å²) in [5.41, 5.74) is 3.40. The molecule has 5 heteroatoms. The number of fused-ring (bicyclic) bond motifs is 1. The Morgan fingerprint density at radius 1 is 1.11 bits per heavy atom. The summed E-state index contributed by atoms with van der Waals surface area (Å²) in [4.78, 5) is 16.9. The number of benzene rings is 2. The molecule has 0 aliphatic carbocycles. The van der Waals surface area contributed by atoms with Crippen molar-refractivity contribution in [3.8, 4) is 11.5 Å². The molecule has 28 heavy (non-hydrogen) atoms. The summed E-state index contributed by atoms with van der Waals surface area (Å²) in [6, 6.07) is 14.4. The minimum Gasteiger partial charge on any atom is -0.483 e. The van der Waals surface area contributed by atoms with E-state index in [1.165, 1.54) is 11.3 Å². The summed E-state index contributed by atoms with van der Waals surface area (Å²) in [6.07, 6.45) is 0.856. The van der Waals surface area contributed by atoms with E-state index in [-0.39, 0.29) is 18.1 Å². The first kappa shape index (κ1) is 18.7. The lowest BCUT2D eigenvalue weighted by Gasteiger charge is -2.36. The Kier molecular flexibility index (Phi) is 4.92. The van der Waals surface area contributed by atoms with Crippen LogP contribution in [-0.4, -0.2) is 49.2 Å². The van der Waals surface area contributed by atoms with Crippen LogP contribution in [0.4, 0.5) is 5.69 Å². The van der Waals surface area contributed by atoms with Gasteiger partial charge in [0.1, 0.15) is 5.60 Å². The quantitative estimate of drug-likeness (QED) is 0.815. The van der Waals surface area contributed by atoms with E-state index in [0.717, 1.165) is 30.8 Å². The maximum absolute atomic E-state index is 12.6. The van der Waals surface area contributed by atoms with Crippen molar-refractivity contribution >= 4 is 11.6 Å². The molecule has 4 rings (SSSR count). The van der Waals surface area contributed by atoms with Crippen LogP contribution in [0.2, 0.25) is 0 Å². The first-order valence-corrected chi connectivity index (χ1v) is 9.94. The van der Waals surface area contributed by atoms with Gasteiger partial charge < -0.3 is 19.3 Å². The standard InChI is InChI=1S/C23H28N2O3/c1-17-6-4-8-19(14-17)24-10-12-25(13-11-24)21(26)16-27-20-9-5-7-18-15-23(2,3)28-22(18)20/h4-9,14H,10-13,15-16H2,1-3H3. The normalized spacial score (nSPS) is 17.8. The van der Waals surface area contributed by atoms with Gasteiger partial charge in [0.25, 0.3) is 5.91 Å². The predicted molar refractivity (Wildman–Crippen MR) is 110 cm³/mol. The van der Waals surface area contributed by atoms with Crippen LogP contribution < -0.4 is 14.4 Å². The lowest BCUT2D eigenvalue weighted by Crippen LogP contribution is -2.50. The second-order valence-corrected chi connectivity index (χ2v) is 8.28. The number of hydrogen-bond donors (Lipinski definition) is 0. The summed E-state index contributed by atoms with van der Waals surface area (Å²) in [5.74, 6) is 1.47. The lowest BCUT2D eigenvalue weighted by atomic mass is 10.0. The fraction of sp³-hybridized carbons (Fsp3) is 0.435. The van der Waals surface area contributed by atoms with Crippen LogP contribution in [0.15, 0.2) is 42.5 Å². The Labute approximate surface area is 166 Å². The maximum atomic E-state index is 12.6. The van der Waals surface area contributed by atoms with Crippen LogP contribution in [0.25, 0.3) is 0 Å². The van der Waals surface area contributed by atoms with Crippen LogP contribution in [0.3, 0.4) is 0 Å². The minimum atomic E-state index is -0.224. The van der Waals surface area contributed by atoms with Crippen LogP contribution in [0.1, 0.15) is 25.0 Å². The third-order valence-corrected chi connectivity index (χ3v) is 5.41. The molecule has 148 valence electrons. The van der Waals surface area contributed by atoms with Gasteiger partial charge in [-0.2, -0.15) is 0 Å². The number of anilines is 1. The van der Waals surface area contributed by atoms with Gasteiger partial charge in [-0.15, -0.1) is 0 Å². The molecule has 0 spiro atoms. The summed E-state index contributed by atoms with van der Waals surface area (Å²) in [6.45, 7) is 9.39.